The fourth-order valence-corrected chi connectivity index (χ4v) is 1.48. The fraction of sp³-hybridized carbons (Fsp3) is 0. The molecule has 0 atom stereocenters. The number of aromatic nitrogens is 1. The second-order valence-electron chi connectivity index (χ2n) is 2.88. The summed E-state index contributed by atoms with van der Waals surface area (Å²) in [5, 5.41) is 9.46. The molecule has 0 unspecified atom stereocenters. The third-order valence-corrected chi connectivity index (χ3v) is 2.07. The molecule has 1 aromatic carbocycles. The van der Waals surface area contributed by atoms with Crippen LogP contribution in [0.3, 0.4) is 0 Å². The Morgan fingerprint density at radius 3 is 2.71 bits per heavy atom. The van der Waals surface area contributed by atoms with E-state index in [-0.39, 0.29) is 11.3 Å². The van der Waals surface area contributed by atoms with Crippen LogP contribution in [0.2, 0.25) is 0 Å². The van der Waals surface area contributed by atoms with Crippen molar-refractivity contribution in [3.63, 3.8) is 0 Å². The van der Waals surface area contributed by atoms with Crippen molar-refractivity contribution in [3.8, 4) is 0 Å². The first kappa shape index (κ1) is 8.50. The van der Waals surface area contributed by atoms with Crippen LogP contribution in [-0.2, 0) is 0 Å². The number of carbonyl (C=O) groups excluding carboxylic acids is 1. The summed E-state index contributed by atoms with van der Waals surface area (Å²) in [5.74, 6) is -1.09. The van der Waals surface area contributed by atoms with Gasteiger partial charge in [0, 0.05) is 10.9 Å². The van der Waals surface area contributed by atoms with Gasteiger partial charge in [0.1, 0.15) is 0 Å². The maximum atomic E-state index is 10.9. The van der Waals surface area contributed by atoms with Gasteiger partial charge in [-0.05, 0) is 6.07 Å². The monoisotopic (exact) mass is 189 g/mol. The van der Waals surface area contributed by atoms with Crippen LogP contribution in [0.4, 0.5) is 0 Å². The Morgan fingerprint density at radius 1 is 1.36 bits per heavy atom. The predicted octanol–water partition coefficient (Wildman–Crippen LogP) is 1.68. The molecule has 0 aliphatic carbocycles. The summed E-state index contributed by atoms with van der Waals surface area (Å²) in [6.45, 7) is 0. The summed E-state index contributed by atoms with van der Waals surface area (Å²) in [5.41, 5.74) is 0.807. The third-order valence-electron chi connectivity index (χ3n) is 2.07. The van der Waals surface area contributed by atoms with Gasteiger partial charge in [0.25, 0.3) is 0 Å². The van der Waals surface area contributed by atoms with E-state index in [9.17, 15) is 9.59 Å². The molecule has 2 N–H and O–H groups in total. The zero-order valence-corrected chi connectivity index (χ0v) is 7.15. The van der Waals surface area contributed by atoms with Crippen molar-refractivity contribution in [2.45, 2.75) is 0 Å². The molecule has 1 heterocycles. The number of H-pyrrole nitrogens is 1. The minimum atomic E-state index is -1.09. The summed E-state index contributed by atoms with van der Waals surface area (Å²) < 4.78 is 0. The Hall–Kier alpha value is -2.10. The van der Waals surface area contributed by atoms with Gasteiger partial charge in [-0.25, -0.2) is 4.79 Å². The maximum absolute atomic E-state index is 10.9. The molecule has 2 aromatic rings. The van der Waals surface area contributed by atoms with Crippen LogP contribution in [0.25, 0.3) is 10.9 Å². The number of aromatic amines is 1. The lowest BCUT2D eigenvalue weighted by Crippen LogP contribution is -1.99. The minimum Gasteiger partial charge on any atom is -0.478 e. The Labute approximate surface area is 79.2 Å². The van der Waals surface area contributed by atoms with Crippen molar-refractivity contribution in [2.24, 2.45) is 0 Å². The Morgan fingerprint density at radius 2 is 2.07 bits per heavy atom. The van der Waals surface area contributed by atoms with Crippen molar-refractivity contribution < 1.29 is 14.7 Å². The molecule has 0 saturated carbocycles. The van der Waals surface area contributed by atoms with Crippen LogP contribution in [0.5, 0.6) is 0 Å². The first-order valence-corrected chi connectivity index (χ1v) is 4.03. The number of nitrogens with one attached hydrogen (secondary N) is 1. The fourth-order valence-electron chi connectivity index (χ4n) is 1.48. The highest BCUT2D eigenvalue weighted by Gasteiger charge is 2.16. The van der Waals surface area contributed by atoms with E-state index in [1.807, 2.05) is 0 Å². The quantitative estimate of drug-likeness (QED) is 0.706. The molecule has 0 aliphatic heterocycles. The SMILES string of the molecule is O=Cc1[nH]c2ccccc2c1C(=O)O. The van der Waals surface area contributed by atoms with Crippen LogP contribution in [-0.4, -0.2) is 22.3 Å². The van der Waals surface area contributed by atoms with Gasteiger partial charge in [-0.3, -0.25) is 4.79 Å². The van der Waals surface area contributed by atoms with Gasteiger partial charge in [0.15, 0.2) is 6.29 Å². The lowest BCUT2D eigenvalue weighted by Gasteiger charge is -1.91. The summed E-state index contributed by atoms with van der Waals surface area (Å²) in [6.07, 6.45) is 0.517. The number of benzene rings is 1. The van der Waals surface area contributed by atoms with Gasteiger partial charge in [0.05, 0.1) is 11.3 Å². The molecule has 70 valence electrons. The maximum Gasteiger partial charge on any atom is 0.338 e. The average Bonchev–Trinajstić information content (AvgIpc) is 2.55. The summed E-state index contributed by atoms with van der Waals surface area (Å²) >= 11 is 0. The Balaban J connectivity index is 2.87. The molecule has 2 rings (SSSR count). The number of hydrogen-bond donors (Lipinski definition) is 2. The zero-order valence-electron chi connectivity index (χ0n) is 7.15. The van der Waals surface area contributed by atoms with E-state index < -0.39 is 5.97 Å². The van der Waals surface area contributed by atoms with Crippen LogP contribution in [0, 0.1) is 0 Å². The highest BCUT2D eigenvalue weighted by atomic mass is 16.4. The van der Waals surface area contributed by atoms with Gasteiger partial charge in [-0.15, -0.1) is 0 Å². The molecule has 0 radical (unpaired) electrons. The van der Waals surface area contributed by atoms with E-state index in [1.54, 1.807) is 24.3 Å². The van der Waals surface area contributed by atoms with Crippen molar-refractivity contribution >= 4 is 23.2 Å². The molecule has 0 aliphatic rings. The van der Waals surface area contributed by atoms with Gasteiger partial charge >= 0.3 is 5.97 Å². The molecular formula is C10H7NO3. The smallest absolute Gasteiger partial charge is 0.338 e. The molecular weight excluding hydrogens is 182 g/mol. The van der Waals surface area contributed by atoms with Crippen LogP contribution in [0.1, 0.15) is 20.8 Å². The predicted molar refractivity (Wildman–Crippen MR) is 50.6 cm³/mol. The minimum absolute atomic E-state index is 0.0376. The van der Waals surface area contributed by atoms with E-state index in [2.05, 4.69) is 4.98 Å². The zero-order chi connectivity index (χ0) is 10.1. The van der Waals surface area contributed by atoms with E-state index >= 15 is 0 Å². The number of fused-ring (bicyclic) bond motifs is 1. The van der Waals surface area contributed by atoms with E-state index in [0.29, 0.717) is 17.2 Å². The third kappa shape index (κ3) is 1.08. The normalized spacial score (nSPS) is 10.3. The molecule has 0 fully saturated rings. The van der Waals surface area contributed by atoms with E-state index in [4.69, 9.17) is 5.11 Å². The number of carboxylic acids is 1. The highest BCUT2D eigenvalue weighted by Crippen LogP contribution is 2.20. The summed E-state index contributed by atoms with van der Waals surface area (Å²) in [6, 6.07) is 6.91. The summed E-state index contributed by atoms with van der Waals surface area (Å²) in [7, 11) is 0. The van der Waals surface area contributed by atoms with E-state index in [0.717, 1.165) is 0 Å². The van der Waals surface area contributed by atoms with Gasteiger partial charge in [-0.1, -0.05) is 18.2 Å². The summed E-state index contributed by atoms with van der Waals surface area (Å²) in [4.78, 5) is 24.2. The average molecular weight is 189 g/mol. The topological polar surface area (TPSA) is 70.2 Å². The molecule has 0 amide bonds. The van der Waals surface area contributed by atoms with Crippen molar-refractivity contribution in [3.05, 3.63) is 35.5 Å². The number of carbonyl (C=O) groups is 2. The number of hydrogen-bond acceptors (Lipinski definition) is 2. The van der Waals surface area contributed by atoms with Gasteiger partial charge in [-0.2, -0.15) is 0 Å². The number of aromatic carboxylic acids is 1. The van der Waals surface area contributed by atoms with Crippen LogP contribution in [0.15, 0.2) is 24.3 Å². The van der Waals surface area contributed by atoms with Crippen LogP contribution >= 0.6 is 0 Å². The highest BCUT2D eigenvalue weighted by molar-refractivity contribution is 6.09. The number of rotatable bonds is 2. The van der Waals surface area contributed by atoms with Gasteiger partial charge < -0.3 is 10.1 Å². The second-order valence-corrected chi connectivity index (χ2v) is 2.88. The first-order valence-electron chi connectivity index (χ1n) is 4.03. The molecule has 0 saturated heterocycles. The largest absolute Gasteiger partial charge is 0.478 e. The Bertz CT molecular complexity index is 513. The molecule has 4 nitrogen and oxygen atoms in total. The van der Waals surface area contributed by atoms with Crippen LogP contribution < -0.4 is 0 Å². The molecule has 0 spiro atoms. The number of aldehydes is 1. The number of para-hydroxylation sites is 1. The standard InChI is InChI=1S/C10H7NO3/c12-5-8-9(10(13)14)6-3-1-2-4-7(6)11-8/h1-5,11H,(H,13,14). The lowest BCUT2D eigenvalue weighted by molar-refractivity contribution is 0.0696. The molecule has 1 aromatic heterocycles. The van der Waals surface area contributed by atoms with Gasteiger partial charge in [0.2, 0.25) is 0 Å². The second kappa shape index (κ2) is 2.99. The van der Waals surface area contributed by atoms with E-state index in [1.165, 1.54) is 0 Å². The lowest BCUT2D eigenvalue weighted by atomic mass is 10.1. The Kier molecular flexibility index (Phi) is 1.81. The number of carboxylic acid groups (broad SMARTS) is 1. The first-order chi connectivity index (χ1) is 6.74. The molecule has 0 bridgehead atoms. The van der Waals surface area contributed by atoms with Crippen molar-refractivity contribution in [1.82, 2.24) is 4.98 Å². The molecule has 14 heavy (non-hydrogen) atoms. The molecule has 4 heteroatoms. The van der Waals surface area contributed by atoms with Crippen molar-refractivity contribution in [2.75, 3.05) is 0 Å². The van der Waals surface area contributed by atoms with Crippen molar-refractivity contribution in [1.29, 1.82) is 0 Å².